The molecule has 2 aromatic rings. The number of ether oxygens (including phenoxy) is 1. The number of hydrogen-bond acceptors (Lipinski definition) is 5. The molecule has 7 heteroatoms. The fraction of sp³-hybridized carbons (Fsp3) is 0.348. The number of hydrogen-bond donors (Lipinski definition) is 2. The summed E-state index contributed by atoms with van der Waals surface area (Å²) in [7, 11) is 3.85. The van der Waals surface area contributed by atoms with E-state index in [0.29, 0.717) is 11.3 Å². The molecule has 0 heterocycles. The highest BCUT2D eigenvalue weighted by atomic mass is 16.5. The number of nitrogens with one attached hydrogen (secondary N) is 2. The van der Waals surface area contributed by atoms with Crippen LogP contribution in [0.15, 0.2) is 48.5 Å². The van der Waals surface area contributed by atoms with Gasteiger partial charge in [-0.05, 0) is 48.7 Å². The monoisotopic (exact) mass is 411 g/mol. The Balaban J connectivity index is 1.92. The first-order valence-electron chi connectivity index (χ1n) is 9.79. The maximum absolute atomic E-state index is 12.5. The van der Waals surface area contributed by atoms with Crippen molar-refractivity contribution >= 4 is 29.2 Å². The van der Waals surface area contributed by atoms with Crippen molar-refractivity contribution in [2.24, 2.45) is 5.92 Å². The van der Waals surface area contributed by atoms with Crippen molar-refractivity contribution in [1.82, 2.24) is 5.32 Å². The van der Waals surface area contributed by atoms with Gasteiger partial charge in [-0.25, -0.2) is 4.79 Å². The van der Waals surface area contributed by atoms with E-state index in [9.17, 15) is 14.4 Å². The van der Waals surface area contributed by atoms with Gasteiger partial charge in [-0.2, -0.15) is 0 Å². The van der Waals surface area contributed by atoms with E-state index in [1.54, 1.807) is 38.1 Å². The summed E-state index contributed by atoms with van der Waals surface area (Å²) in [4.78, 5) is 39.1. The Kier molecular flexibility index (Phi) is 7.98. The van der Waals surface area contributed by atoms with Crippen LogP contribution in [0, 0.1) is 12.8 Å². The largest absolute Gasteiger partial charge is 0.454 e. The zero-order valence-electron chi connectivity index (χ0n) is 18.1. The Labute approximate surface area is 177 Å². The Morgan fingerprint density at radius 1 is 1.00 bits per heavy atom. The van der Waals surface area contributed by atoms with Gasteiger partial charge in [0.15, 0.2) is 6.61 Å². The highest BCUT2D eigenvalue weighted by Crippen LogP contribution is 2.15. The van der Waals surface area contributed by atoms with Gasteiger partial charge >= 0.3 is 5.97 Å². The van der Waals surface area contributed by atoms with Crippen molar-refractivity contribution in [3.8, 4) is 0 Å². The molecule has 0 saturated carbocycles. The van der Waals surface area contributed by atoms with E-state index in [4.69, 9.17) is 4.74 Å². The van der Waals surface area contributed by atoms with Gasteiger partial charge < -0.3 is 20.3 Å². The standard InChI is InChI=1S/C23H29N3O4/c1-15(2)21(25-22(28)19-9-7-6-8-16(19)3)23(29)30-14-20(27)24-17-10-12-18(13-11-17)26(4)5/h6-13,15,21H,14H2,1-5H3,(H,24,27)(H,25,28)/t21-/m0/s1. The van der Waals surface area contributed by atoms with Gasteiger partial charge in [0.2, 0.25) is 0 Å². The molecular weight excluding hydrogens is 382 g/mol. The molecule has 30 heavy (non-hydrogen) atoms. The average Bonchev–Trinajstić information content (AvgIpc) is 2.70. The zero-order valence-corrected chi connectivity index (χ0v) is 18.1. The molecule has 0 aliphatic carbocycles. The van der Waals surface area contributed by atoms with Crippen molar-refractivity contribution in [2.75, 3.05) is 30.9 Å². The lowest BCUT2D eigenvalue weighted by Crippen LogP contribution is -2.46. The van der Waals surface area contributed by atoms with Crippen LogP contribution in [0.5, 0.6) is 0 Å². The normalized spacial score (nSPS) is 11.5. The van der Waals surface area contributed by atoms with Gasteiger partial charge in [-0.1, -0.05) is 32.0 Å². The van der Waals surface area contributed by atoms with Crippen molar-refractivity contribution in [2.45, 2.75) is 26.8 Å². The lowest BCUT2D eigenvalue weighted by atomic mass is 10.0. The molecule has 0 saturated heterocycles. The number of benzene rings is 2. The molecular formula is C23H29N3O4. The Morgan fingerprint density at radius 2 is 1.63 bits per heavy atom. The summed E-state index contributed by atoms with van der Waals surface area (Å²) in [5, 5.41) is 5.40. The van der Waals surface area contributed by atoms with Crippen LogP contribution in [0.2, 0.25) is 0 Å². The van der Waals surface area contributed by atoms with Crippen LogP contribution in [-0.2, 0) is 14.3 Å². The van der Waals surface area contributed by atoms with E-state index in [1.165, 1.54) is 0 Å². The van der Waals surface area contributed by atoms with E-state index < -0.39 is 24.5 Å². The Morgan fingerprint density at radius 3 is 2.20 bits per heavy atom. The lowest BCUT2D eigenvalue weighted by Gasteiger charge is -2.21. The SMILES string of the molecule is Cc1ccccc1C(=O)N[C@H](C(=O)OCC(=O)Nc1ccc(N(C)C)cc1)C(C)C. The smallest absolute Gasteiger partial charge is 0.329 e. The first-order chi connectivity index (χ1) is 14.2. The molecule has 2 rings (SSSR count). The minimum atomic E-state index is -0.857. The molecule has 0 fully saturated rings. The van der Waals surface area contributed by atoms with E-state index in [1.807, 2.05) is 50.2 Å². The highest BCUT2D eigenvalue weighted by Gasteiger charge is 2.27. The van der Waals surface area contributed by atoms with E-state index in [2.05, 4.69) is 10.6 Å². The summed E-state index contributed by atoms with van der Waals surface area (Å²) >= 11 is 0. The minimum Gasteiger partial charge on any atom is -0.454 e. The number of anilines is 2. The molecule has 0 spiro atoms. The molecule has 0 radical (unpaired) electrons. The number of aryl methyl sites for hydroxylation is 1. The van der Waals surface area contributed by atoms with E-state index in [0.717, 1.165) is 11.3 Å². The Hall–Kier alpha value is -3.35. The molecule has 160 valence electrons. The number of amides is 2. The molecule has 0 aliphatic heterocycles. The van der Waals surface area contributed by atoms with E-state index >= 15 is 0 Å². The third kappa shape index (κ3) is 6.34. The molecule has 0 aliphatic rings. The number of rotatable bonds is 8. The molecule has 1 atom stereocenters. The van der Waals surface area contributed by atoms with Gasteiger partial charge in [0.1, 0.15) is 6.04 Å². The summed E-state index contributed by atoms with van der Waals surface area (Å²) in [5.74, 6) is -1.65. The van der Waals surface area contributed by atoms with Crippen LogP contribution in [0.1, 0.15) is 29.8 Å². The van der Waals surface area contributed by atoms with Crippen molar-refractivity contribution in [1.29, 1.82) is 0 Å². The van der Waals surface area contributed by atoms with Crippen LogP contribution in [0.25, 0.3) is 0 Å². The van der Waals surface area contributed by atoms with Crippen LogP contribution >= 0.6 is 0 Å². The first-order valence-corrected chi connectivity index (χ1v) is 9.79. The van der Waals surface area contributed by atoms with Crippen molar-refractivity contribution < 1.29 is 19.1 Å². The third-order valence-corrected chi connectivity index (χ3v) is 4.61. The second-order valence-corrected chi connectivity index (χ2v) is 7.61. The van der Waals surface area contributed by atoms with Crippen LogP contribution in [-0.4, -0.2) is 44.5 Å². The predicted molar refractivity (Wildman–Crippen MR) is 118 cm³/mol. The lowest BCUT2D eigenvalue weighted by molar-refractivity contribution is -0.150. The van der Waals surface area contributed by atoms with Crippen molar-refractivity contribution in [3.63, 3.8) is 0 Å². The van der Waals surface area contributed by atoms with Crippen molar-refractivity contribution in [3.05, 3.63) is 59.7 Å². The number of nitrogens with zero attached hydrogens (tertiary/aromatic N) is 1. The number of carbonyl (C=O) groups is 3. The second kappa shape index (κ2) is 10.4. The summed E-state index contributed by atoms with van der Waals surface area (Å²) in [6, 6.07) is 13.6. The third-order valence-electron chi connectivity index (χ3n) is 4.61. The summed E-state index contributed by atoms with van der Waals surface area (Å²) in [6.07, 6.45) is 0. The molecule has 2 aromatic carbocycles. The Bertz CT molecular complexity index is 892. The molecule has 0 aromatic heterocycles. The van der Waals surface area contributed by atoms with Crippen LogP contribution in [0.3, 0.4) is 0 Å². The maximum Gasteiger partial charge on any atom is 0.329 e. The van der Waals surface area contributed by atoms with E-state index in [-0.39, 0.29) is 11.8 Å². The maximum atomic E-state index is 12.5. The second-order valence-electron chi connectivity index (χ2n) is 7.61. The van der Waals surface area contributed by atoms with Gasteiger partial charge in [0.25, 0.3) is 11.8 Å². The summed E-state index contributed by atoms with van der Waals surface area (Å²) in [5.41, 5.74) is 2.92. The number of carbonyl (C=O) groups excluding carboxylic acids is 3. The average molecular weight is 412 g/mol. The number of esters is 1. The van der Waals surface area contributed by atoms with Gasteiger partial charge in [-0.15, -0.1) is 0 Å². The topological polar surface area (TPSA) is 87.7 Å². The minimum absolute atomic E-state index is 0.202. The molecule has 0 bridgehead atoms. The van der Waals surface area contributed by atoms with Crippen LogP contribution in [0.4, 0.5) is 11.4 Å². The fourth-order valence-electron chi connectivity index (χ4n) is 2.81. The molecule has 0 unspecified atom stereocenters. The van der Waals surface area contributed by atoms with Gasteiger partial charge in [0, 0.05) is 31.0 Å². The zero-order chi connectivity index (χ0) is 22.3. The van der Waals surface area contributed by atoms with Gasteiger partial charge in [-0.3, -0.25) is 9.59 Å². The quantitative estimate of drug-likeness (QED) is 0.652. The summed E-state index contributed by atoms with van der Waals surface area (Å²) < 4.78 is 5.15. The molecule has 2 N–H and O–H groups in total. The van der Waals surface area contributed by atoms with Crippen LogP contribution < -0.4 is 15.5 Å². The predicted octanol–water partition coefficient (Wildman–Crippen LogP) is 3.00. The highest BCUT2D eigenvalue weighted by molar-refractivity contribution is 5.98. The van der Waals surface area contributed by atoms with Gasteiger partial charge in [0.05, 0.1) is 0 Å². The fourth-order valence-corrected chi connectivity index (χ4v) is 2.81. The molecule has 7 nitrogen and oxygen atoms in total. The summed E-state index contributed by atoms with van der Waals surface area (Å²) in [6.45, 7) is 5.00. The first kappa shape index (κ1) is 22.9. The molecule has 2 amide bonds.